The number of aryl methyl sites for hydroxylation is 1. The molecule has 1 atom stereocenters. The van der Waals surface area contributed by atoms with Crippen molar-refractivity contribution in [2.45, 2.75) is 39.9 Å². The molecule has 4 rings (SSSR count). The van der Waals surface area contributed by atoms with E-state index in [0.717, 1.165) is 6.08 Å². The number of rotatable bonds is 18. The highest BCUT2D eigenvalue weighted by atomic mass is 16.6. The Morgan fingerprint density at radius 3 is 1.88 bits per heavy atom. The van der Waals surface area contributed by atoms with Crippen molar-refractivity contribution in [3.8, 4) is 28.7 Å². The molecule has 0 radical (unpaired) electrons. The predicted octanol–water partition coefficient (Wildman–Crippen LogP) is 4.93. The zero-order valence-corrected chi connectivity index (χ0v) is 28.3. The highest BCUT2D eigenvalue weighted by Gasteiger charge is 2.19. The van der Waals surface area contributed by atoms with Crippen LogP contribution >= 0.6 is 0 Å². The molecule has 0 saturated heterocycles. The first kappa shape index (κ1) is 37.5. The van der Waals surface area contributed by atoms with Crippen molar-refractivity contribution in [1.29, 1.82) is 0 Å². The van der Waals surface area contributed by atoms with Crippen LogP contribution in [0.2, 0.25) is 0 Å². The van der Waals surface area contributed by atoms with Crippen molar-refractivity contribution < 1.29 is 53.2 Å². The lowest BCUT2D eigenvalue weighted by Crippen LogP contribution is -2.29. The number of ether oxygens (including phenoxy) is 6. The predicted molar refractivity (Wildman–Crippen MR) is 187 cm³/mol. The van der Waals surface area contributed by atoms with E-state index in [1.165, 1.54) is 0 Å². The normalized spacial score (nSPS) is 11.2. The van der Waals surface area contributed by atoms with Crippen molar-refractivity contribution >= 4 is 24.5 Å². The molecule has 4 aromatic rings. The fourth-order valence-corrected chi connectivity index (χ4v) is 4.74. The largest absolute Gasteiger partial charge is 0.494 e. The first-order valence-corrected chi connectivity index (χ1v) is 16.1. The molecular weight excluding hydrogens is 643 g/mol. The third kappa shape index (κ3) is 10.9. The van der Waals surface area contributed by atoms with Gasteiger partial charge in [0.2, 0.25) is 6.29 Å². The van der Waals surface area contributed by atoms with Crippen LogP contribution in [0.1, 0.15) is 51.7 Å². The molecule has 0 saturated carbocycles. The molecule has 0 amide bonds. The second kappa shape index (κ2) is 18.5. The minimum atomic E-state index is -1.53. The lowest BCUT2D eigenvalue weighted by atomic mass is 9.80. The Morgan fingerprint density at radius 1 is 0.760 bits per heavy atom. The summed E-state index contributed by atoms with van der Waals surface area (Å²) >= 11 is 0. The van der Waals surface area contributed by atoms with Crippen LogP contribution in [-0.4, -0.2) is 60.6 Å². The maximum atomic E-state index is 13.0. The molecule has 0 aliphatic rings. The minimum absolute atomic E-state index is 0.258. The Labute approximate surface area is 291 Å². The Bertz CT molecular complexity index is 1720. The molecule has 50 heavy (non-hydrogen) atoms. The van der Waals surface area contributed by atoms with Crippen LogP contribution in [0.15, 0.2) is 91.5 Å². The number of carbonyl (C=O) groups excluding carboxylic acids is 2. The third-order valence-corrected chi connectivity index (χ3v) is 7.68. The first-order valence-electron chi connectivity index (χ1n) is 16.1. The molecule has 0 spiro atoms. The maximum Gasteiger partial charge on any atom is 0.488 e. The molecule has 262 valence electrons. The summed E-state index contributed by atoms with van der Waals surface area (Å²) in [5.74, 6) is 1.64. The second-order valence-corrected chi connectivity index (χ2v) is 11.3. The van der Waals surface area contributed by atoms with Gasteiger partial charge in [0.05, 0.1) is 18.8 Å². The smallest absolute Gasteiger partial charge is 0.488 e. The Hall–Kier alpha value is -5.30. The average Bonchev–Trinajstić information content (AvgIpc) is 3.12. The van der Waals surface area contributed by atoms with Crippen LogP contribution in [-0.2, 0) is 9.53 Å². The van der Waals surface area contributed by atoms with Crippen LogP contribution in [0.3, 0.4) is 0 Å². The van der Waals surface area contributed by atoms with Gasteiger partial charge in [-0.1, -0.05) is 18.7 Å². The van der Waals surface area contributed by atoms with Gasteiger partial charge in [0.1, 0.15) is 42.0 Å². The fraction of sp³-hybridized carbons (Fsp3) is 0.263. The second-order valence-electron chi connectivity index (χ2n) is 11.3. The van der Waals surface area contributed by atoms with Crippen molar-refractivity contribution in [3.05, 3.63) is 119 Å². The SMILES string of the molecule is C=CC(=O)OCCCCOc1ccc(C(O)Oc2cc(C)c(OC(=O)c3ccc(OCCOc4ccc(B(O)O)cc4)cc3)c(C)c2C)cc1. The summed E-state index contributed by atoms with van der Waals surface area (Å²) in [5, 5.41) is 29.2. The number of carbonyl (C=O) groups is 2. The Morgan fingerprint density at radius 2 is 1.30 bits per heavy atom. The molecule has 3 N–H and O–H groups in total. The van der Waals surface area contributed by atoms with E-state index in [-0.39, 0.29) is 13.2 Å². The van der Waals surface area contributed by atoms with E-state index >= 15 is 0 Å². The van der Waals surface area contributed by atoms with E-state index in [1.807, 2.05) is 13.8 Å². The Balaban J connectivity index is 1.25. The molecule has 0 heterocycles. The zero-order chi connectivity index (χ0) is 36.0. The molecule has 0 aromatic heterocycles. The number of hydrogen-bond donors (Lipinski definition) is 3. The number of unbranched alkanes of at least 4 members (excludes halogenated alkanes) is 1. The molecule has 0 aliphatic carbocycles. The number of hydrogen-bond acceptors (Lipinski definition) is 11. The quantitative estimate of drug-likeness (QED) is 0.0327. The lowest BCUT2D eigenvalue weighted by Gasteiger charge is -2.20. The van der Waals surface area contributed by atoms with Crippen LogP contribution < -0.4 is 29.1 Å². The molecule has 0 fully saturated rings. The van der Waals surface area contributed by atoms with E-state index in [9.17, 15) is 24.7 Å². The van der Waals surface area contributed by atoms with Gasteiger partial charge in [0, 0.05) is 11.6 Å². The van der Waals surface area contributed by atoms with Gasteiger partial charge in [0.25, 0.3) is 0 Å². The summed E-state index contributed by atoms with van der Waals surface area (Å²) in [5.41, 5.74) is 3.32. The fourth-order valence-electron chi connectivity index (χ4n) is 4.74. The van der Waals surface area contributed by atoms with Gasteiger partial charge in [-0.15, -0.1) is 0 Å². The van der Waals surface area contributed by atoms with Crippen molar-refractivity contribution in [3.63, 3.8) is 0 Å². The standard InChI is InChI=1S/C38H41BO11/c1-5-35(40)48-21-7-6-20-45-31-14-8-28(9-15-31)37(41)49-34-24-25(2)36(27(4)26(34)3)50-38(42)29-10-16-32(17-11-29)46-22-23-47-33-18-12-30(13-19-33)39(43)44/h5,8-19,24,37,41,43-44H,1,6-7,20-23H2,2-4H3. The number of aliphatic hydroxyl groups excluding tert-OH is 1. The van der Waals surface area contributed by atoms with Gasteiger partial charge in [0.15, 0.2) is 0 Å². The van der Waals surface area contributed by atoms with Crippen LogP contribution in [0, 0.1) is 20.8 Å². The summed E-state index contributed by atoms with van der Waals surface area (Å²) in [7, 11) is -1.53. The van der Waals surface area contributed by atoms with Crippen molar-refractivity contribution in [2.24, 2.45) is 0 Å². The van der Waals surface area contributed by atoms with E-state index < -0.39 is 25.3 Å². The summed E-state index contributed by atoms with van der Waals surface area (Å²) in [4.78, 5) is 24.1. The monoisotopic (exact) mass is 684 g/mol. The van der Waals surface area contributed by atoms with Crippen LogP contribution in [0.25, 0.3) is 0 Å². The van der Waals surface area contributed by atoms with Crippen molar-refractivity contribution in [1.82, 2.24) is 0 Å². The molecule has 0 bridgehead atoms. The van der Waals surface area contributed by atoms with Crippen LogP contribution in [0.4, 0.5) is 0 Å². The third-order valence-electron chi connectivity index (χ3n) is 7.68. The van der Waals surface area contributed by atoms with Gasteiger partial charge in [-0.05, 0) is 122 Å². The Kier molecular flexibility index (Phi) is 13.9. The molecule has 11 nitrogen and oxygen atoms in total. The van der Waals surface area contributed by atoms with Crippen LogP contribution in [0.5, 0.6) is 28.7 Å². The van der Waals surface area contributed by atoms with Gasteiger partial charge >= 0.3 is 19.1 Å². The number of benzene rings is 4. The highest BCUT2D eigenvalue weighted by molar-refractivity contribution is 6.58. The van der Waals surface area contributed by atoms with Crippen molar-refractivity contribution in [2.75, 3.05) is 26.4 Å². The molecule has 0 aliphatic heterocycles. The van der Waals surface area contributed by atoms with E-state index in [2.05, 4.69) is 6.58 Å². The number of aliphatic hydroxyl groups is 1. The number of esters is 2. The van der Waals surface area contributed by atoms with E-state index in [0.29, 0.717) is 88.1 Å². The molecule has 12 heteroatoms. The topological polar surface area (TPSA) is 150 Å². The van der Waals surface area contributed by atoms with Gasteiger partial charge in [-0.2, -0.15) is 0 Å². The molecule has 1 unspecified atom stereocenters. The summed E-state index contributed by atoms with van der Waals surface area (Å²) < 4.78 is 33.7. The van der Waals surface area contributed by atoms with Gasteiger partial charge < -0.3 is 43.6 Å². The molecular formula is C38H41BO11. The maximum absolute atomic E-state index is 13.0. The molecule has 4 aromatic carbocycles. The highest BCUT2D eigenvalue weighted by Crippen LogP contribution is 2.35. The zero-order valence-electron chi connectivity index (χ0n) is 28.3. The van der Waals surface area contributed by atoms with E-state index in [1.54, 1.807) is 85.8 Å². The van der Waals surface area contributed by atoms with Gasteiger partial charge in [-0.3, -0.25) is 0 Å². The summed E-state index contributed by atoms with van der Waals surface area (Å²) in [6.07, 6.45) is 1.26. The summed E-state index contributed by atoms with van der Waals surface area (Å²) in [6.45, 7) is 10.1. The lowest BCUT2D eigenvalue weighted by molar-refractivity contribution is -0.137. The average molecular weight is 685 g/mol. The minimum Gasteiger partial charge on any atom is -0.494 e. The first-order chi connectivity index (χ1) is 24.0. The van der Waals surface area contributed by atoms with Gasteiger partial charge in [-0.25, -0.2) is 9.59 Å². The van der Waals surface area contributed by atoms with E-state index in [4.69, 9.17) is 28.4 Å². The summed E-state index contributed by atoms with van der Waals surface area (Å²) in [6, 6.07) is 21.6.